The number of carbonyl (C=O) groups is 1. The molecule has 7 heteroatoms. The fourth-order valence-corrected chi connectivity index (χ4v) is 5.38. The Morgan fingerprint density at radius 2 is 1.88 bits per heavy atom. The highest BCUT2D eigenvalue weighted by molar-refractivity contribution is 5.86. The maximum atomic E-state index is 12.9. The highest BCUT2D eigenvalue weighted by Crippen LogP contribution is 2.44. The van der Waals surface area contributed by atoms with E-state index >= 15 is 0 Å². The molecule has 1 saturated carbocycles. The van der Waals surface area contributed by atoms with Gasteiger partial charge in [-0.25, -0.2) is 9.67 Å². The molecule has 3 aromatic rings. The van der Waals surface area contributed by atoms with Gasteiger partial charge in [0.1, 0.15) is 5.75 Å². The number of aryl methyl sites for hydroxylation is 3. The van der Waals surface area contributed by atoms with Crippen LogP contribution in [-0.4, -0.2) is 41.4 Å². The van der Waals surface area contributed by atoms with E-state index < -0.39 is 0 Å². The Hall–Kier alpha value is -3.09. The van der Waals surface area contributed by atoms with Gasteiger partial charge in [0.05, 0.1) is 19.6 Å². The van der Waals surface area contributed by atoms with E-state index in [0.29, 0.717) is 25.3 Å². The van der Waals surface area contributed by atoms with Gasteiger partial charge in [-0.2, -0.15) is 0 Å². The summed E-state index contributed by atoms with van der Waals surface area (Å²) in [4.78, 5) is 17.6. The summed E-state index contributed by atoms with van der Waals surface area (Å²) in [6.45, 7) is 4.69. The molecule has 1 aliphatic carbocycles. The van der Waals surface area contributed by atoms with Crippen molar-refractivity contribution in [1.29, 1.82) is 0 Å². The second kappa shape index (κ2) is 9.41. The number of methoxy groups -OCH3 is 2. The molecule has 0 bridgehead atoms. The van der Waals surface area contributed by atoms with Gasteiger partial charge in [-0.3, -0.25) is 4.79 Å². The molecule has 2 aromatic heterocycles. The van der Waals surface area contributed by atoms with Crippen LogP contribution in [0.2, 0.25) is 0 Å². The summed E-state index contributed by atoms with van der Waals surface area (Å²) in [6.07, 6.45) is 5.52. The fraction of sp³-hybridized carbons (Fsp3) is 0.500. The molecule has 1 fully saturated rings. The smallest absolute Gasteiger partial charge is 0.242 e. The van der Waals surface area contributed by atoms with Crippen molar-refractivity contribution in [3.8, 4) is 11.6 Å². The third-order valence-corrected chi connectivity index (χ3v) is 7.18. The predicted octanol–water partition coefficient (Wildman–Crippen LogP) is 4.16. The summed E-state index contributed by atoms with van der Waals surface area (Å²) >= 11 is 0. The Labute approximate surface area is 195 Å². The first-order valence-electron chi connectivity index (χ1n) is 11.7. The van der Waals surface area contributed by atoms with Crippen LogP contribution in [0.25, 0.3) is 11.0 Å². The number of benzene rings is 1. The molecule has 1 amide bonds. The van der Waals surface area contributed by atoms with Crippen LogP contribution in [0.3, 0.4) is 0 Å². The number of rotatable bonds is 8. The maximum Gasteiger partial charge on any atom is 0.242 e. The van der Waals surface area contributed by atoms with Gasteiger partial charge in [0.15, 0.2) is 5.65 Å². The number of fused-ring (bicyclic) bond motifs is 1. The van der Waals surface area contributed by atoms with Crippen molar-refractivity contribution < 1.29 is 14.3 Å². The minimum absolute atomic E-state index is 0.0579. The van der Waals surface area contributed by atoms with E-state index in [1.165, 1.54) is 18.4 Å². The Morgan fingerprint density at radius 3 is 2.58 bits per heavy atom. The van der Waals surface area contributed by atoms with E-state index in [1.54, 1.807) is 18.9 Å². The number of pyridine rings is 1. The Kier molecular flexibility index (Phi) is 6.58. The molecule has 0 unspecified atom stereocenters. The fourth-order valence-electron chi connectivity index (χ4n) is 5.38. The molecule has 7 nitrogen and oxygen atoms in total. The first-order valence-corrected chi connectivity index (χ1v) is 11.7. The van der Waals surface area contributed by atoms with Crippen molar-refractivity contribution in [3.05, 3.63) is 46.6 Å². The quantitative estimate of drug-likeness (QED) is 0.557. The molecule has 0 saturated heterocycles. The average Bonchev–Trinajstić information content (AvgIpc) is 3.43. The number of hydrogen-bond donors (Lipinski definition) is 1. The number of hydrogen-bond acceptors (Lipinski definition) is 5. The molecule has 1 aliphatic rings. The van der Waals surface area contributed by atoms with Gasteiger partial charge in [-0.1, -0.05) is 31.0 Å². The van der Waals surface area contributed by atoms with E-state index in [2.05, 4.69) is 29.5 Å². The van der Waals surface area contributed by atoms with E-state index in [-0.39, 0.29) is 11.3 Å². The summed E-state index contributed by atoms with van der Waals surface area (Å²) in [7, 11) is 5.20. The molecule has 0 spiro atoms. The Bertz CT molecular complexity index is 1160. The molecule has 0 radical (unpaired) electrons. The van der Waals surface area contributed by atoms with Crippen LogP contribution in [0.4, 0.5) is 0 Å². The van der Waals surface area contributed by atoms with Crippen LogP contribution in [0, 0.1) is 13.8 Å². The van der Waals surface area contributed by atoms with Gasteiger partial charge < -0.3 is 14.8 Å². The minimum atomic E-state index is -0.0579. The maximum absolute atomic E-state index is 12.9. The van der Waals surface area contributed by atoms with Crippen LogP contribution in [0.1, 0.15) is 54.5 Å². The van der Waals surface area contributed by atoms with Crippen molar-refractivity contribution >= 4 is 16.9 Å². The number of carbonyl (C=O) groups excluding carboxylic acids is 1. The molecular weight excluding hydrogens is 416 g/mol. The van der Waals surface area contributed by atoms with Gasteiger partial charge in [0.25, 0.3) is 0 Å². The van der Waals surface area contributed by atoms with E-state index in [9.17, 15) is 4.79 Å². The summed E-state index contributed by atoms with van der Waals surface area (Å²) in [5, 5.41) is 8.56. The van der Waals surface area contributed by atoms with Crippen LogP contribution >= 0.6 is 0 Å². The van der Waals surface area contributed by atoms with Gasteiger partial charge in [0.2, 0.25) is 11.8 Å². The largest absolute Gasteiger partial charge is 0.496 e. The summed E-state index contributed by atoms with van der Waals surface area (Å²) in [5.74, 6) is 1.54. The zero-order chi connectivity index (χ0) is 23.6. The zero-order valence-electron chi connectivity index (χ0n) is 20.3. The lowest BCUT2D eigenvalue weighted by atomic mass is 9.78. The van der Waals surface area contributed by atoms with Crippen LogP contribution in [0.15, 0.2) is 24.3 Å². The molecule has 33 heavy (non-hydrogen) atoms. The van der Waals surface area contributed by atoms with E-state index in [0.717, 1.165) is 46.4 Å². The molecule has 0 aliphatic heterocycles. The van der Waals surface area contributed by atoms with Gasteiger partial charge in [0, 0.05) is 36.7 Å². The molecule has 0 atom stereocenters. The van der Waals surface area contributed by atoms with Crippen LogP contribution in [-0.2, 0) is 23.7 Å². The van der Waals surface area contributed by atoms with Crippen LogP contribution < -0.4 is 14.8 Å². The van der Waals surface area contributed by atoms with Gasteiger partial charge >= 0.3 is 0 Å². The molecule has 2 heterocycles. The SMILES string of the molecule is COc1ccccc1C1(CNC(=O)CCc2c(C)nc3c(c(OC)nn3C)c2C)CCCC1. The molecule has 176 valence electrons. The lowest BCUT2D eigenvalue weighted by Gasteiger charge is -2.31. The van der Waals surface area contributed by atoms with Crippen LogP contribution in [0.5, 0.6) is 11.6 Å². The highest BCUT2D eigenvalue weighted by Gasteiger charge is 2.38. The summed E-state index contributed by atoms with van der Waals surface area (Å²) < 4.78 is 12.8. The van der Waals surface area contributed by atoms with Gasteiger partial charge in [-0.05, 0) is 50.3 Å². The number of para-hydroxylation sites is 1. The van der Waals surface area contributed by atoms with E-state index in [1.807, 2.05) is 26.1 Å². The normalized spacial score (nSPS) is 15.1. The summed E-state index contributed by atoms with van der Waals surface area (Å²) in [5.41, 5.74) is 5.04. The summed E-state index contributed by atoms with van der Waals surface area (Å²) in [6, 6.07) is 8.21. The monoisotopic (exact) mass is 450 g/mol. The second-order valence-corrected chi connectivity index (χ2v) is 9.10. The zero-order valence-corrected chi connectivity index (χ0v) is 20.3. The van der Waals surface area contributed by atoms with Crippen molar-refractivity contribution in [2.75, 3.05) is 20.8 Å². The minimum Gasteiger partial charge on any atom is -0.496 e. The molecule has 1 N–H and O–H groups in total. The van der Waals surface area contributed by atoms with E-state index in [4.69, 9.17) is 14.5 Å². The number of ether oxygens (including phenoxy) is 2. The lowest BCUT2D eigenvalue weighted by molar-refractivity contribution is -0.121. The number of nitrogens with one attached hydrogen (secondary N) is 1. The van der Waals surface area contributed by atoms with Gasteiger partial charge in [-0.15, -0.1) is 5.10 Å². The third kappa shape index (κ3) is 4.28. The van der Waals surface area contributed by atoms with Crippen molar-refractivity contribution in [2.24, 2.45) is 7.05 Å². The Morgan fingerprint density at radius 1 is 1.15 bits per heavy atom. The van der Waals surface area contributed by atoms with Crippen molar-refractivity contribution in [2.45, 2.75) is 57.8 Å². The number of amides is 1. The average molecular weight is 451 g/mol. The van der Waals surface area contributed by atoms with Crippen molar-refractivity contribution in [3.63, 3.8) is 0 Å². The third-order valence-electron chi connectivity index (χ3n) is 7.18. The molecule has 4 rings (SSSR count). The lowest BCUT2D eigenvalue weighted by Crippen LogP contribution is -2.39. The van der Waals surface area contributed by atoms with Crippen molar-refractivity contribution in [1.82, 2.24) is 20.1 Å². The second-order valence-electron chi connectivity index (χ2n) is 9.10. The molecular formula is C26H34N4O3. The Balaban J connectivity index is 1.48. The standard InChI is InChI=1S/C26H34N4O3/c1-17-19(18(2)28-24-23(17)25(33-5)29-30(24)3)12-13-22(31)27-16-26(14-8-9-15-26)20-10-6-7-11-21(20)32-4/h6-7,10-11H,8-9,12-16H2,1-5H3,(H,27,31). The number of nitrogens with zero attached hydrogens (tertiary/aromatic N) is 3. The first-order chi connectivity index (χ1) is 15.9. The highest BCUT2D eigenvalue weighted by atomic mass is 16.5. The number of aromatic nitrogens is 3. The first kappa shape index (κ1) is 23.1. The molecule has 1 aromatic carbocycles. The predicted molar refractivity (Wildman–Crippen MR) is 129 cm³/mol. The topological polar surface area (TPSA) is 78.3 Å².